The number of ketones is 2. The monoisotopic (exact) mass is 521 g/mol. The summed E-state index contributed by atoms with van der Waals surface area (Å²) in [6.45, 7) is 4.51. The van der Waals surface area contributed by atoms with E-state index in [1.165, 1.54) is 0 Å². The van der Waals surface area contributed by atoms with E-state index in [4.69, 9.17) is 0 Å². The standard InChI is InChI=1S/C31H40FN3O3/c1-20-7-9-25(31(38)35-21(2)30(37)29(32)23-10-11-23)18-22(17-20)8-12-28(36)27-6-4-3-5-24(27)19-26-13-14-33-15-16-34-26/h3-6,10,15-16,20-22,25-26,29H,7-9,11-14,17-19H2,1-2H3,(H,35,38). The third-order valence-electron chi connectivity index (χ3n) is 8.15. The van der Waals surface area contributed by atoms with Gasteiger partial charge in [0.1, 0.15) is 0 Å². The first-order chi connectivity index (χ1) is 18.3. The summed E-state index contributed by atoms with van der Waals surface area (Å²) in [6, 6.07) is 7.09. The van der Waals surface area contributed by atoms with E-state index in [2.05, 4.69) is 22.2 Å². The fourth-order valence-electron chi connectivity index (χ4n) is 5.76. The van der Waals surface area contributed by atoms with Gasteiger partial charge >= 0.3 is 0 Å². The molecule has 3 aliphatic rings. The van der Waals surface area contributed by atoms with E-state index < -0.39 is 18.0 Å². The van der Waals surface area contributed by atoms with E-state index in [1.807, 2.05) is 24.3 Å². The van der Waals surface area contributed by atoms with Gasteiger partial charge in [-0.1, -0.05) is 37.3 Å². The Morgan fingerprint density at radius 2 is 1.89 bits per heavy atom. The number of rotatable bonds is 11. The van der Waals surface area contributed by atoms with Crippen LogP contribution in [0.2, 0.25) is 0 Å². The van der Waals surface area contributed by atoms with Gasteiger partial charge in [-0.3, -0.25) is 24.4 Å². The van der Waals surface area contributed by atoms with Gasteiger partial charge in [0.05, 0.1) is 12.1 Å². The highest BCUT2D eigenvalue weighted by Gasteiger charge is 2.34. The number of aliphatic imine (C=N–C) groups is 2. The van der Waals surface area contributed by atoms with Crippen LogP contribution in [0.1, 0.15) is 81.1 Å². The Hall–Kier alpha value is -2.96. The Kier molecular flexibility index (Phi) is 9.75. The number of carbonyl (C=O) groups is 3. The van der Waals surface area contributed by atoms with Gasteiger partial charge in [-0.05, 0) is 81.3 Å². The number of nitrogens with zero attached hydrogens (tertiary/aromatic N) is 2. The fraction of sp³-hybridized carbons (Fsp3) is 0.581. The van der Waals surface area contributed by atoms with Crippen molar-refractivity contribution >= 4 is 29.9 Å². The number of halogens is 1. The van der Waals surface area contributed by atoms with Gasteiger partial charge < -0.3 is 5.32 Å². The van der Waals surface area contributed by atoms with Crippen LogP contribution < -0.4 is 5.32 Å². The molecule has 1 aromatic rings. The lowest BCUT2D eigenvalue weighted by atomic mass is 9.86. The molecular weight excluding hydrogens is 481 g/mol. The highest BCUT2D eigenvalue weighted by atomic mass is 19.1. The minimum absolute atomic E-state index is 0.122. The first kappa shape index (κ1) is 28.1. The van der Waals surface area contributed by atoms with Crippen molar-refractivity contribution in [3.05, 3.63) is 47.0 Å². The number of nitrogens with one attached hydrogen (secondary N) is 1. The van der Waals surface area contributed by atoms with Crippen LogP contribution in [0.15, 0.2) is 45.9 Å². The normalized spacial score (nSPS) is 26.4. The first-order valence-electron chi connectivity index (χ1n) is 14.1. The molecule has 0 spiro atoms. The molecule has 2 aliphatic carbocycles. The van der Waals surface area contributed by atoms with Gasteiger partial charge in [0.25, 0.3) is 0 Å². The van der Waals surface area contributed by atoms with Crippen molar-refractivity contribution in [3.8, 4) is 0 Å². The van der Waals surface area contributed by atoms with Crippen LogP contribution in [0.25, 0.3) is 0 Å². The number of Topliss-reactive ketones (excluding diaryl/α,β-unsaturated/α-hetero) is 2. The zero-order valence-electron chi connectivity index (χ0n) is 22.6. The molecule has 38 heavy (non-hydrogen) atoms. The second-order valence-corrected chi connectivity index (χ2v) is 11.3. The van der Waals surface area contributed by atoms with Gasteiger partial charge in [0, 0.05) is 36.9 Å². The second-order valence-electron chi connectivity index (χ2n) is 11.3. The molecule has 4 rings (SSSR count). The molecule has 6 nitrogen and oxygen atoms in total. The summed E-state index contributed by atoms with van der Waals surface area (Å²) in [5, 5.41) is 2.77. The molecule has 1 N–H and O–H groups in total. The van der Waals surface area contributed by atoms with Crippen LogP contribution in [0.3, 0.4) is 0 Å². The lowest BCUT2D eigenvalue weighted by Gasteiger charge is -2.22. The van der Waals surface area contributed by atoms with E-state index >= 15 is 0 Å². The largest absolute Gasteiger partial charge is 0.346 e. The van der Waals surface area contributed by atoms with Gasteiger partial charge in [-0.15, -0.1) is 0 Å². The molecule has 1 amide bonds. The molecule has 1 fully saturated rings. The molecule has 1 heterocycles. The average Bonchev–Trinajstić information content (AvgIpc) is 3.77. The van der Waals surface area contributed by atoms with E-state index in [1.54, 1.807) is 25.4 Å². The molecule has 1 aromatic carbocycles. The summed E-state index contributed by atoms with van der Waals surface area (Å²) >= 11 is 0. The first-order valence-corrected chi connectivity index (χ1v) is 14.1. The topological polar surface area (TPSA) is 88.0 Å². The maximum atomic E-state index is 14.2. The third kappa shape index (κ3) is 7.78. The van der Waals surface area contributed by atoms with E-state index in [-0.39, 0.29) is 29.6 Å². The van der Waals surface area contributed by atoms with Gasteiger partial charge in [-0.2, -0.15) is 0 Å². The third-order valence-corrected chi connectivity index (χ3v) is 8.15. The SMILES string of the molecule is CC1CCC(C(=O)NC(C)C(=O)C(F)C2=CC2)CC(CCC(=O)c2ccccc2CC2CCN=CC=N2)C1. The van der Waals surface area contributed by atoms with Gasteiger partial charge in [-0.25, -0.2) is 4.39 Å². The highest BCUT2D eigenvalue weighted by molar-refractivity contribution is 6.16. The molecule has 204 valence electrons. The van der Waals surface area contributed by atoms with E-state index in [9.17, 15) is 18.8 Å². The molecule has 7 heteroatoms. The maximum absolute atomic E-state index is 14.2. The summed E-state index contributed by atoms with van der Waals surface area (Å²) < 4.78 is 14.2. The Morgan fingerprint density at radius 1 is 1.11 bits per heavy atom. The number of hydrogen-bond acceptors (Lipinski definition) is 5. The van der Waals surface area contributed by atoms with Crippen LogP contribution in [-0.2, 0) is 16.0 Å². The number of benzene rings is 1. The average molecular weight is 522 g/mol. The van der Waals surface area contributed by atoms with Crippen molar-refractivity contribution in [1.82, 2.24) is 5.32 Å². The minimum Gasteiger partial charge on any atom is -0.346 e. The molecule has 0 radical (unpaired) electrons. The van der Waals surface area contributed by atoms with Crippen molar-refractivity contribution in [3.63, 3.8) is 0 Å². The molecule has 0 aromatic heterocycles. The summed E-state index contributed by atoms with van der Waals surface area (Å²) in [5.74, 6) is -0.129. The summed E-state index contributed by atoms with van der Waals surface area (Å²) in [7, 11) is 0. The fourth-order valence-corrected chi connectivity index (χ4v) is 5.76. The molecule has 6 unspecified atom stereocenters. The van der Waals surface area contributed by atoms with Gasteiger partial charge in [0.2, 0.25) is 5.91 Å². The summed E-state index contributed by atoms with van der Waals surface area (Å²) in [5.41, 5.74) is 2.31. The van der Waals surface area contributed by atoms with Crippen LogP contribution in [-0.4, -0.2) is 54.7 Å². The lowest BCUT2D eigenvalue weighted by molar-refractivity contribution is -0.131. The van der Waals surface area contributed by atoms with E-state index in [0.717, 1.165) is 56.2 Å². The van der Waals surface area contributed by atoms with Crippen LogP contribution >= 0.6 is 0 Å². The Bertz CT molecular complexity index is 1110. The van der Waals surface area contributed by atoms with Crippen LogP contribution in [0.4, 0.5) is 4.39 Å². The predicted molar refractivity (Wildman–Crippen MR) is 149 cm³/mol. The van der Waals surface area contributed by atoms with Gasteiger partial charge in [0.15, 0.2) is 17.7 Å². The summed E-state index contributed by atoms with van der Waals surface area (Å²) in [4.78, 5) is 47.5. The molecule has 1 aliphatic heterocycles. The Morgan fingerprint density at radius 3 is 2.68 bits per heavy atom. The molecule has 6 atom stereocenters. The molecule has 1 saturated carbocycles. The maximum Gasteiger partial charge on any atom is 0.223 e. The minimum atomic E-state index is -1.61. The van der Waals surface area contributed by atoms with E-state index in [0.29, 0.717) is 30.8 Å². The molecular formula is C31H40FN3O3. The van der Waals surface area contributed by atoms with Crippen molar-refractivity contribution < 1.29 is 18.8 Å². The number of allylic oxidation sites excluding steroid dienone is 2. The van der Waals surface area contributed by atoms with Crippen molar-refractivity contribution in [2.45, 2.75) is 89.9 Å². The van der Waals surface area contributed by atoms with Crippen molar-refractivity contribution in [1.29, 1.82) is 0 Å². The zero-order chi connectivity index (χ0) is 27.1. The Labute approximate surface area is 225 Å². The smallest absolute Gasteiger partial charge is 0.223 e. The number of carbonyl (C=O) groups excluding carboxylic acids is 3. The molecule has 0 bridgehead atoms. The number of alkyl halides is 1. The van der Waals surface area contributed by atoms with Crippen molar-refractivity contribution in [2.24, 2.45) is 27.7 Å². The zero-order valence-corrected chi connectivity index (χ0v) is 22.6. The van der Waals surface area contributed by atoms with Crippen molar-refractivity contribution in [2.75, 3.05) is 6.54 Å². The second kappa shape index (κ2) is 13.2. The molecule has 0 saturated heterocycles. The Balaban J connectivity index is 1.33. The number of hydrogen-bond donors (Lipinski definition) is 1. The quantitative estimate of drug-likeness (QED) is 0.244. The number of amides is 1. The lowest BCUT2D eigenvalue weighted by Crippen LogP contribution is -2.44. The van der Waals surface area contributed by atoms with Crippen LogP contribution in [0, 0.1) is 17.8 Å². The summed E-state index contributed by atoms with van der Waals surface area (Å²) in [6.07, 6.45) is 10.2. The predicted octanol–water partition coefficient (Wildman–Crippen LogP) is 5.29. The van der Waals surface area contributed by atoms with Crippen LogP contribution in [0.5, 0.6) is 0 Å². The highest BCUT2D eigenvalue weighted by Crippen LogP contribution is 2.35.